The minimum absolute atomic E-state index is 0.0438. The van der Waals surface area contributed by atoms with Crippen molar-refractivity contribution in [1.29, 1.82) is 0 Å². The number of carbonyl (C=O) groups excluding carboxylic acids is 2. The third kappa shape index (κ3) is 3.48. The van der Waals surface area contributed by atoms with Crippen LogP contribution in [0.4, 0.5) is 10.1 Å². The monoisotopic (exact) mass is 388 g/mol. The van der Waals surface area contributed by atoms with Crippen LogP contribution in [0, 0.1) is 5.82 Å². The molecule has 0 radical (unpaired) electrons. The van der Waals surface area contributed by atoms with Crippen molar-refractivity contribution < 1.29 is 18.7 Å². The molecule has 4 rings (SSSR count). The molecule has 0 saturated heterocycles. The van der Waals surface area contributed by atoms with Crippen LogP contribution in [0.25, 0.3) is 16.6 Å². The Balaban J connectivity index is 1.78. The van der Waals surface area contributed by atoms with E-state index in [2.05, 4.69) is 5.32 Å². The second kappa shape index (κ2) is 7.59. The van der Waals surface area contributed by atoms with E-state index in [-0.39, 0.29) is 11.4 Å². The van der Waals surface area contributed by atoms with Crippen LogP contribution < -0.4 is 10.1 Å². The normalized spacial score (nSPS) is 10.7. The lowest BCUT2D eigenvalue weighted by atomic mass is 10.0. The van der Waals surface area contributed by atoms with Crippen molar-refractivity contribution in [2.24, 2.45) is 0 Å². The molecule has 4 aromatic rings. The van der Waals surface area contributed by atoms with E-state index in [1.54, 1.807) is 42.0 Å². The molecule has 0 unspecified atom stereocenters. The van der Waals surface area contributed by atoms with Gasteiger partial charge in [0.2, 0.25) is 0 Å². The van der Waals surface area contributed by atoms with Gasteiger partial charge in [-0.25, -0.2) is 4.39 Å². The lowest BCUT2D eigenvalue weighted by Gasteiger charge is -2.08. The molecule has 29 heavy (non-hydrogen) atoms. The summed E-state index contributed by atoms with van der Waals surface area (Å²) in [6.45, 7) is 0. The molecule has 2 aromatic heterocycles. The lowest BCUT2D eigenvalue weighted by Crippen LogP contribution is -2.25. The van der Waals surface area contributed by atoms with Crippen molar-refractivity contribution >= 4 is 22.9 Å². The van der Waals surface area contributed by atoms with Crippen molar-refractivity contribution in [3.63, 3.8) is 0 Å². The van der Waals surface area contributed by atoms with E-state index in [1.807, 2.05) is 30.3 Å². The van der Waals surface area contributed by atoms with Gasteiger partial charge < -0.3 is 14.5 Å². The van der Waals surface area contributed by atoms with Crippen molar-refractivity contribution in [3.8, 4) is 16.9 Å². The molecule has 0 aliphatic rings. The number of nitrogens with one attached hydrogen (secondary N) is 1. The zero-order chi connectivity index (χ0) is 20.4. The molecule has 6 heteroatoms. The average molecular weight is 388 g/mol. The van der Waals surface area contributed by atoms with Crippen LogP contribution in [0.3, 0.4) is 0 Å². The van der Waals surface area contributed by atoms with E-state index < -0.39 is 17.5 Å². The molecule has 144 valence electrons. The van der Waals surface area contributed by atoms with Crippen molar-refractivity contribution in [2.75, 3.05) is 12.4 Å². The maximum absolute atomic E-state index is 13.9. The number of hydrogen-bond acceptors (Lipinski definition) is 3. The van der Waals surface area contributed by atoms with E-state index in [4.69, 9.17) is 4.74 Å². The molecular formula is C23H17FN2O3. The first kappa shape index (κ1) is 18.4. The molecule has 0 fully saturated rings. The molecule has 0 bridgehead atoms. The molecule has 2 aromatic carbocycles. The highest BCUT2D eigenvalue weighted by Crippen LogP contribution is 2.30. The molecule has 2 heterocycles. The van der Waals surface area contributed by atoms with Crippen LogP contribution in [-0.4, -0.2) is 23.2 Å². The summed E-state index contributed by atoms with van der Waals surface area (Å²) in [4.78, 5) is 25.7. The lowest BCUT2D eigenvalue weighted by molar-refractivity contribution is -0.112. The van der Waals surface area contributed by atoms with Gasteiger partial charge in [-0.1, -0.05) is 30.3 Å². The fraction of sp³-hybridized carbons (Fsp3) is 0.0435. The van der Waals surface area contributed by atoms with Crippen LogP contribution >= 0.6 is 0 Å². The predicted octanol–water partition coefficient (Wildman–Crippen LogP) is 4.58. The Labute approximate surface area is 166 Å². The minimum Gasteiger partial charge on any atom is -0.497 e. The van der Waals surface area contributed by atoms with Gasteiger partial charge in [-0.05, 0) is 48.0 Å². The van der Waals surface area contributed by atoms with Crippen LogP contribution in [0.15, 0.2) is 79.0 Å². The molecule has 0 saturated carbocycles. The summed E-state index contributed by atoms with van der Waals surface area (Å²) in [5, 5.41) is 2.36. The van der Waals surface area contributed by atoms with Crippen molar-refractivity contribution in [1.82, 2.24) is 4.40 Å². The molecule has 5 nitrogen and oxygen atoms in total. The number of methoxy groups -OCH3 is 1. The number of aromatic nitrogens is 1. The second-order valence-corrected chi connectivity index (χ2v) is 6.39. The predicted molar refractivity (Wildman–Crippen MR) is 109 cm³/mol. The number of ether oxygens (including phenoxy) is 1. The van der Waals surface area contributed by atoms with E-state index >= 15 is 0 Å². The Bertz CT molecular complexity index is 1210. The van der Waals surface area contributed by atoms with Crippen LogP contribution in [0.5, 0.6) is 5.75 Å². The number of benzene rings is 2. The standard InChI is InChI=1S/C23H17FN2O3/c1-29-17-11-9-15(10-12-17)18-14-16-6-4-5-13-26(16)21(18)22(27)23(28)25-20-8-3-2-7-19(20)24/h2-14H,1H3,(H,25,28). The number of hydrogen-bond donors (Lipinski definition) is 1. The fourth-order valence-electron chi connectivity index (χ4n) is 3.20. The molecule has 0 aliphatic carbocycles. The topological polar surface area (TPSA) is 59.8 Å². The summed E-state index contributed by atoms with van der Waals surface area (Å²) >= 11 is 0. The molecule has 0 aliphatic heterocycles. The number of ketones is 1. The van der Waals surface area contributed by atoms with Gasteiger partial charge >= 0.3 is 0 Å². The van der Waals surface area contributed by atoms with Gasteiger partial charge in [0, 0.05) is 17.3 Å². The van der Waals surface area contributed by atoms with Gasteiger partial charge in [0.25, 0.3) is 11.7 Å². The van der Waals surface area contributed by atoms with E-state index in [0.29, 0.717) is 11.3 Å². The average Bonchev–Trinajstić information content (AvgIpc) is 3.14. The van der Waals surface area contributed by atoms with Crippen molar-refractivity contribution in [2.45, 2.75) is 0 Å². The number of halogens is 1. The third-order valence-electron chi connectivity index (χ3n) is 4.62. The SMILES string of the molecule is COc1ccc(-c2cc3ccccn3c2C(=O)C(=O)Nc2ccccc2F)cc1. The number of amides is 1. The Morgan fingerprint density at radius 1 is 0.966 bits per heavy atom. The largest absolute Gasteiger partial charge is 0.497 e. The molecule has 0 atom stereocenters. The van der Waals surface area contributed by atoms with Crippen LogP contribution in [-0.2, 0) is 4.79 Å². The highest BCUT2D eigenvalue weighted by atomic mass is 19.1. The number of nitrogens with zero attached hydrogens (tertiary/aromatic N) is 1. The van der Waals surface area contributed by atoms with Gasteiger partial charge in [-0.15, -0.1) is 0 Å². The van der Waals surface area contributed by atoms with E-state index in [0.717, 1.165) is 11.1 Å². The highest BCUT2D eigenvalue weighted by Gasteiger charge is 2.25. The second-order valence-electron chi connectivity index (χ2n) is 6.39. The molecular weight excluding hydrogens is 371 g/mol. The first-order chi connectivity index (χ1) is 14.1. The number of anilines is 1. The Hall–Kier alpha value is -3.93. The number of Topliss-reactive ketones (excluding diaryl/α,β-unsaturated/α-hetero) is 1. The number of pyridine rings is 1. The van der Waals surface area contributed by atoms with Gasteiger partial charge in [-0.3, -0.25) is 9.59 Å². The maximum atomic E-state index is 13.9. The maximum Gasteiger partial charge on any atom is 0.298 e. The van der Waals surface area contributed by atoms with Gasteiger partial charge in [-0.2, -0.15) is 0 Å². The summed E-state index contributed by atoms with van der Waals surface area (Å²) in [6, 6.07) is 20.2. The number of para-hydroxylation sites is 1. The molecule has 1 amide bonds. The fourth-order valence-corrected chi connectivity index (χ4v) is 3.20. The van der Waals surface area contributed by atoms with Crippen LogP contribution in [0.1, 0.15) is 10.5 Å². The van der Waals surface area contributed by atoms with Gasteiger partial charge in [0.1, 0.15) is 17.3 Å². The van der Waals surface area contributed by atoms with Crippen molar-refractivity contribution in [3.05, 3.63) is 90.5 Å². The summed E-state index contributed by atoms with van der Waals surface area (Å²) < 4.78 is 20.7. The Morgan fingerprint density at radius 2 is 1.69 bits per heavy atom. The highest BCUT2D eigenvalue weighted by molar-refractivity contribution is 6.47. The first-order valence-electron chi connectivity index (χ1n) is 8.93. The first-order valence-corrected chi connectivity index (χ1v) is 8.93. The molecule has 1 N–H and O–H groups in total. The zero-order valence-electron chi connectivity index (χ0n) is 15.6. The van der Waals surface area contributed by atoms with Crippen LogP contribution in [0.2, 0.25) is 0 Å². The summed E-state index contributed by atoms with van der Waals surface area (Å²) in [6.07, 6.45) is 1.71. The smallest absolute Gasteiger partial charge is 0.298 e. The third-order valence-corrected chi connectivity index (χ3v) is 4.62. The van der Waals surface area contributed by atoms with E-state index in [1.165, 1.54) is 18.2 Å². The Kier molecular flexibility index (Phi) is 4.83. The summed E-state index contributed by atoms with van der Waals surface area (Å²) in [5.41, 5.74) is 2.29. The Morgan fingerprint density at radius 3 is 2.41 bits per heavy atom. The number of carbonyl (C=O) groups is 2. The summed E-state index contributed by atoms with van der Waals surface area (Å²) in [5.74, 6) is -1.59. The number of fused-ring (bicyclic) bond motifs is 1. The quantitative estimate of drug-likeness (QED) is 0.402. The summed E-state index contributed by atoms with van der Waals surface area (Å²) in [7, 11) is 1.57. The zero-order valence-corrected chi connectivity index (χ0v) is 15.6. The minimum atomic E-state index is -0.909. The van der Waals surface area contributed by atoms with E-state index in [9.17, 15) is 14.0 Å². The number of rotatable bonds is 5. The van der Waals surface area contributed by atoms with Gasteiger partial charge in [0.05, 0.1) is 12.8 Å². The molecule has 0 spiro atoms. The van der Waals surface area contributed by atoms with Gasteiger partial charge in [0.15, 0.2) is 0 Å².